The lowest BCUT2D eigenvalue weighted by molar-refractivity contribution is 0.0184. The normalized spacial score (nSPS) is 38.0. The Morgan fingerprint density at radius 1 is 0.705 bits per heavy atom. The van der Waals surface area contributed by atoms with E-state index in [4.69, 9.17) is 0 Å². The van der Waals surface area contributed by atoms with Crippen LogP contribution in [0.15, 0.2) is 54.9 Å². The standard InChI is InChI=1S/C39H54N2P2Si/c1-44(2,3)33-9-8-32(34(18-33)39(42,35-6-4-10-40-35)36-7-5-11-41-36)25-43(37-19-26-12-27(20-37)14-28(13-26)21-37)38-22-29-15-30(23-38)17-31(16-29)24-38/h4-11,18,26-31,40-41H,12-17,19-25,42H2,1-3H3. The van der Waals surface area contributed by atoms with Gasteiger partial charge in [0.2, 0.25) is 0 Å². The van der Waals surface area contributed by atoms with Gasteiger partial charge in [0.15, 0.2) is 0 Å². The highest BCUT2D eigenvalue weighted by atomic mass is 31.1. The van der Waals surface area contributed by atoms with E-state index in [9.17, 15) is 0 Å². The van der Waals surface area contributed by atoms with Crippen molar-refractivity contribution in [3.8, 4) is 0 Å². The van der Waals surface area contributed by atoms with Crippen LogP contribution in [0.3, 0.4) is 0 Å². The minimum Gasteiger partial charge on any atom is -0.364 e. The smallest absolute Gasteiger partial charge is 0.0891 e. The Labute approximate surface area is 270 Å². The van der Waals surface area contributed by atoms with Gasteiger partial charge >= 0.3 is 0 Å². The van der Waals surface area contributed by atoms with Crippen LogP contribution in [0.2, 0.25) is 19.6 Å². The first kappa shape index (κ1) is 29.0. The number of hydrogen-bond donors (Lipinski definition) is 2. The molecule has 8 bridgehead atoms. The first-order chi connectivity index (χ1) is 21.1. The molecule has 3 aromatic rings. The average Bonchev–Trinajstić information content (AvgIpc) is 3.69. The highest BCUT2D eigenvalue weighted by Gasteiger charge is 2.62. The predicted octanol–water partition coefficient (Wildman–Crippen LogP) is 9.97. The fourth-order valence-electron chi connectivity index (χ4n) is 12.9. The van der Waals surface area contributed by atoms with Crippen LogP contribution in [-0.4, -0.2) is 28.4 Å². The number of aromatic amines is 2. The summed E-state index contributed by atoms with van der Waals surface area (Å²) in [6, 6.07) is 16.9. The number of hydrogen-bond acceptors (Lipinski definition) is 0. The van der Waals surface area contributed by atoms with Gasteiger partial charge in [0.25, 0.3) is 0 Å². The molecule has 1 unspecified atom stereocenters. The van der Waals surface area contributed by atoms with Crippen molar-refractivity contribution in [2.24, 2.45) is 35.5 Å². The number of aromatic nitrogens is 2. The van der Waals surface area contributed by atoms with E-state index in [-0.39, 0.29) is 13.1 Å². The van der Waals surface area contributed by atoms with Crippen LogP contribution in [0.25, 0.3) is 0 Å². The fraction of sp³-hybridized carbons (Fsp3) is 0.641. The molecule has 234 valence electrons. The summed E-state index contributed by atoms with van der Waals surface area (Å²) in [6.07, 6.45) is 24.4. The third-order valence-corrected chi connectivity index (χ3v) is 21.0. The van der Waals surface area contributed by atoms with E-state index in [1.807, 2.05) is 0 Å². The third kappa shape index (κ3) is 4.52. The maximum atomic E-state index is 3.70. The van der Waals surface area contributed by atoms with Crippen LogP contribution >= 0.6 is 17.2 Å². The molecular weight excluding hydrogens is 586 g/mol. The van der Waals surface area contributed by atoms with Gasteiger partial charge in [-0.05, 0) is 164 Å². The highest BCUT2D eigenvalue weighted by Crippen LogP contribution is 2.79. The Balaban J connectivity index is 1.22. The lowest BCUT2D eigenvalue weighted by atomic mass is 9.55. The summed E-state index contributed by atoms with van der Waals surface area (Å²) >= 11 is 0. The van der Waals surface area contributed by atoms with Crippen molar-refractivity contribution in [1.82, 2.24) is 9.97 Å². The summed E-state index contributed by atoms with van der Waals surface area (Å²) in [6.45, 7) is 7.58. The molecule has 2 nitrogen and oxygen atoms in total. The minimum absolute atomic E-state index is 0.120. The molecule has 44 heavy (non-hydrogen) atoms. The maximum absolute atomic E-state index is 3.70. The van der Waals surface area contributed by atoms with Crippen molar-refractivity contribution in [1.29, 1.82) is 0 Å². The summed E-state index contributed by atoms with van der Waals surface area (Å²) < 4.78 is 0. The van der Waals surface area contributed by atoms with Crippen molar-refractivity contribution >= 4 is 30.4 Å². The van der Waals surface area contributed by atoms with Gasteiger partial charge in [-0.25, -0.2) is 0 Å². The lowest BCUT2D eigenvalue weighted by Crippen LogP contribution is -2.56. The Bertz CT molecular complexity index is 1370. The van der Waals surface area contributed by atoms with Gasteiger partial charge in [-0.2, -0.15) is 0 Å². The summed E-state index contributed by atoms with van der Waals surface area (Å²) in [4.78, 5) is 7.39. The SMILES string of the molecule is C[Si](C)(C)c1ccc(CP(C23CC4CC(CC(C4)C2)C3)C23CC4CC(CC(C4)C2)C3)c(C(P)(c2ccc[nH]2)c2ccc[nH]2)c1. The van der Waals surface area contributed by atoms with Gasteiger partial charge in [-0.1, -0.05) is 50.9 Å². The molecule has 1 aromatic carbocycles. The Morgan fingerprint density at radius 2 is 1.14 bits per heavy atom. The molecule has 0 saturated heterocycles. The van der Waals surface area contributed by atoms with Gasteiger partial charge in [-0.3, -0.25) is 0 Å². The molecule has 11 rings (SSSR count). The van der Waals surface area contributed by atoms with E-state index in [1.54, 1.807) is 93.4 Å². The van der Waals surface area contributed by atoms with Crippen LogP contribution in [0, 0.1) is 35.5 Å². The summed E-state index contributed by atoms with van der Waals surface area (Å²) in [5.74, 6) is 6.21. The fourth-order valence-corrected chi connectivity index (χ4v) is 19.9. The molecule has 8 aliphatic carbocycles. The van der Waals surface area contributed by atoms with Crippen LogP contribution in [-0.2, 0) is 11.3 Å². The van der Waals surface area contributed by atoms with Crippen molar-refractivity contribution in [3.05, 3.63) is 77.4 Å². The number of nitrogens with one attached hydrogen (secondary N) is 2. The molecule has 0 radical (unpaired) electrons. The number of rotatable bonds is 8. The molecule has 8 fully saturated rings. The molecule has 8 aliphatic rings. The monoisotopic (exact) mass is 640 g/mol. The Hall–Kier alpha value is -1.14. The molecule has 0 spiro atoms. The van der Waals surface area contributed by atoms with Crippen molar-refractivity contribution in [3.63, 3.8) is 0 Å². The quantitative estimate of drug-likeness (QED) is 0.181. The second-order valence-corrected chi connectivity index (χ2v) is 27.0. The van der Waals surface area contributed by atoms with E-state index in [0.717, 1.165) is 35.5 Å². The molecule has 5 heteroatoms. The lowest BCUT2D eigenvalue weighted by Gasteiger charge is -2.67. The largest absolute Gasteiger partial charge is 0.364 e. The van der Waals surface area contributed by atoms with Crippen molar-refractivity contribution < 1.29 is 0 Å². The van der Waals surface area contributed by atoms with E-state index < -0.39 is 8.07 Å². The summed E-state index contributed by atoms with van der Waals surface area (Å²) in [5.41, 5.74) is 5.79. The average molecular weight is 641 g/mol. The Morgan fingerprint density at radius 3 is 1.50 bits per heavy atom. The van der Waals surface area contributed by atoms with E-state index in [2.05, 4.69) is 93.7 Å². The first-order valence-electron chi connectivity index (χ1n) is 18.1. The second-order valence-electron chi connectivity index (χ2n) is 18.0. The second kappa shape index (κ2) is 10.2. The Kier molecular flexibility index (Phi) is 6.71. The first-order valence-corrected chi connectivity index (χ1v) is 23.7. The van der Waals surface area contributed by atoms with Crippen molar-refractivity contribution in [2.45, 2.75) is 118 Å². The predicted molar refractivity (Wildman–Crippen MR) is 193 cm³/mol. The van der Waals surface area contributed by atoms with Crippen LogP contribution in [0.5, 0.6) is 0 Å². The zero-order chi connectivity index (χ0) is 29.9. The van der Waals surface area contributed by atoms with Gasteiger partial charge in [-0.15, -0.1) is 9.24 Å². The zero-order valence-corrected chi connectivity index (χ0v) is 30.4. The van der Waals surface area contributed by atoms with Gasteiger partial charge in [0.05, 0.1) is 13.2 Å². The van der Waals surface area contributed by atoms with E-state index in [1.165, 1.54) is 17.5 Å². The maximum Gasteiger partial charge on any atom is 0.0891 e. The molecule has 1 atom stereocenters. The van der Waals surface area contributed by atoms with Gasteiger partial charge < -0.3 is 9.97 Å². The van der Waals surface area contributed by atoms with Crippen LogP contribution in [0.1, 0.15) is 99.6 Å². The molecule has 8 saturated carbocycles. The number of H-pyrrole nitrogens is 2. The van der Waals surface area contributed by atoms with Gasteiger partial charge in [0.1, 0.15) is 0 Å². The van der Waals surface area contributed by atoms with Crippen LogP contribution in [0.4, 0.5) is 0 Å². The molecule has 2 aromatic heterocycles. The topological polar surface area (TPSA) is 31.6 Å². The van der Waals surface area contributed by atoms with E-state index in [0.29, 0.717) is 10.3 Å². The zero-order valence-electron chi connectivity index (χ0n) is 27.4. The van der Waals surface area contributed by atoms with Crippen molar-refractivity contribution in [2.75, 3.05) is 0 Å². The molecule has 0 aliphatic heterocycles. The summed E-state index contributed by atoms with van der Waals surface area (Å²) in [7, 11) is 1.76. The summed E-state index contributed by atoms with van der Waals surface area (Å²) in [5, 5.41) is 2.58. The molecule has 2 heterocycles. The minimum atomic E-state index is -1.51. The van der Waals surface area contributed by atoms with Gasteiger partial charge in [0, 0.05) is 23.8 Å². The highest BCUT2D eigenvalue weighted by molar-refractivity contribution is 7.60. The van der Waals surface area contributed by atoms with E-state index >= 15 is 0 Å². The third-order valence-electron chi connectivity index (χ3n) is 13.9. The number of benzene rings is 1. The molecule has 2 N–H and O–H groups in total. The molecule has 0 amide bonds. The molecular formula is C39H54N2P2Si. The van der Waals surface area contributed by atoms with Crippen LogP contribution < -0.4 is 5.19 Å².